The zero-order valence-electron chi connectivity index (χ0n) is 14.0. The zero-order valence-corrected chi connectivity index (χ0v) is 17.4. The van der Waals surface area contributed by atoms with Crippen LogP contribution in [0.25, 0.3) is 10.1 Å². The van der Waals surface area contributed by atoms with Gasteiger partial charge in [0, 0.05) is 0 Å². The summed E-state index contributed by atoms with van der Waals surface area (Å²) in [4.78, 5) is 11.3. The van der Waals surface area contributed by atoms with Crippen molar-refractivity contribution in [2.75, 3.05) is 0 Å². The van der Waals surface area contributed by atoms with E-state index < -0.39 is 0 Å². The van der Waals surface area contributed by atoms with Crippen molar-refractivity contribution in [2.24, 2.45) is 4.99 Å². The van der Waals surface area contributed by atoms with Gasteiger partial charge in [0.15, 0.2) is 0 Å². The molecule has 27 heavy (non-hydrogen) atoms. The number of aliphatic imine (C=N–C) groups is 1. The van der Waals surface area contributed by atoms with E-state index in [0.717, 1.165) is 15.8 Å². The number of thioether (sulfide) groups is 1. The standard InChI is InChI=1S/C19H14N4OS2Se/c24-16-9-5-4-8-14(16)10-20-18-22-23-19(26-18)25-11-15-12-27-17(21-15)13-6-2-1-3-7-13/h1-10,12,24H,11H2. The van der Waals surface area contributed by atoms with Crippen molar-refractivity contribution in [2.45, 2.75) is 10.1 Å². The summed E-state index contributed by atoms with van der Waals surface area (Å²) in [6.07, 6.45) is 1.60. The van der Waals surface area contributed by atoms with Crippen LogP contribution in [0, 0.1) is 0 Å². The van der Waals surface area contributed by atoms with E-state index in [1.807, 2.05) is 24.3 Å². The van der Waals surface area contributed by atoms with E-state index in [1.165, 1.54) is 21.5 Å². The molecule has 0 saturated carbocycles. The van der Waals surface area contributed by atoms with Crippen LogP contribution in [0.15, 0.2) is 68.9 Å². The second-order valence-corrected chi connectivity index (χ2v) is 9.45. The van der Waals surface area contributed by atoms with Crippen LogP contribution in [-0.4, -0.2) is 41.0 Å². The molecule has 0 fully saturated rings. The van der Waals surface area contributed by atoms with Crippen LogP contribution in [0.1, 0.15) is 11.3 Å². The molecule has 4 aromatic rings. The van der Waals surface area contributed by atoms with E-state index in [0.29, 0.717) is 10.7 Å². The van der Waals surface area contributed by atoms with Crippen LogP contribution < -0.4 is 0 Å². The van der Waals surface area contributed by atoms with Gasteiger partial charge in [0.25, 0.3) is 0 Å². The monoisotopic (exact) mass is 458 g/mol. The first-order valence-corrected chi connectivity index (χ1v) is 11.7. The molecule has 0 unspecified atom stereocenters. The fourth-order valence-corrected chi connectivity index (χ4v) is 5.81. The molecule has 134 valence electrons. The molecule has 0 aliphatic heterocycles. The molecule has 8 heteroatoms. The van der Waals surface area contributed by atoms with Gasteiger partial charge in [-0.1, -0.05) is 6.07 Å². The van der Waals surface area contributed by atoms with Gasteiger partial charge in [-0.05, 0) is 0 Å². The van der Waals surface area contributed by atoms with Crippen molar-refractivity contribution in [3.63, 3.8) is 0 Å². The molecule has 0 radical (unpaired) electrons. The molecule has 2 heterocycles. The Hall–Kier alpha value is -2.25. The Kier molecular flexibility index (Phi) is 5.79. The van der Waals surface area contributed by atoms with Crippen LogP contribution in [0.4, 0.5) is 5.13 Å². The first-order valence-electron chi connectivity index (χ1n) is 8.06. The molecule has 0 atom stereocenters. The van der Waals surface area contributed by atoms with Crippen LogP contribution in [0.5, 0.6) is 5.75 Å². The second-order valence-electron chi connectivity index (χ2n) is 5.47. The molecule has 2 aromatic heterocycles. The summed E-state index contributed by atoms with van der Waals surface area (Å²) < 4.78 is 2.03. The van der Waals surface area contributed by atoms with Gasteiger partial charge in [0.2, 0.25) is 0 Å². The SMILES string of the molecule is Oc1ccccc1C=Nc1nnc(SCc2c[se]c(-c3ccccc3)n2)s1. The first kappa shape index (κ1) is 18.1. The number of para-hydroxylation sites is 1. The van der Waals surface area contributed by atoms with E-state index in [4.69, 9.17) is 4.98 Å². The topological polar surface area (TPSA) is 71.3 Å². The average Bonchev–Trinajstić information content (AvgIpc) is 3.36. The third-order valence-electron chi connectivity index (χ3n) is 3.56. The van der Waals surface area contributed by atoms with E-state index in [1.54, 1.807) is 36.2 Å². The molecule has 0 saturated heterocycles. The number of hydrogen-bond donors (Lipinski definition) is 1. The molecule has 0 aliphatic carbocycles. The van der Waals surface area contributed by atoms with Gasteiger partial charge >= 0.3 is 165 Å². The molecule has 1 N–H and O–H groups in total. The Morgan fingerprint density at radius 3 is 2.74 bits per heavy atom. The fourth-order valence-electron chi connectivity index (χ4n) is 2.26. The van der Waals surface area contributed by atoms with E-state index >= 15 is 0 Å². The number of aromatic hydroxyl groups is 1. The summed E-state index contributed by atoms with van der Waals surface area (Å²) in [6.45, 7) is 0. The Bertz CT molecular complexity index is 1060. The minimum atomic E-state index is 0.197. The quantitative estimate of drug-likeness (QED) is 0.264. The van der Waals surface area contributed by atoms with Crippen molar-refractivity contribution in [1.82, 2.24) is 15.2 Å². The third kappa shape index (κ3) is 4.73. The predicted octanol–water partition coefficient (Wildman–Crippen LogP) is 4.41. The van der Waals surface area contributed by atoms with E-state index in [9.17, 15) is 5.11 Å². The van der Waals surface area contributed by atoms with Gasteiger partial charge in [0.1, 0.15) is 0 Å². The first-order chi connectivity index (χ1) is 13.3. The Morgan fingerprint density at radius 2 is 1.89 bits per heavy atom. The van der Waals surface area contributed by atoms with Gasteiger partial charge in [0.05, 0.1) is 0 Å². The van der Waals surface area contributed by atoms with Gasteiger partial charge in [-0.15, -0.1) is 0 Å². The molecule has 2 aromatic carbocycles. The minimum absolute atomic E-state index is 0.197. The summed E-state index contributed by atoms with van der Waals surface area (Å²) in [5.74, 6) is 0.970. The normalized spacial score (nSPS) is 11.3. The Balaban J connectivity index is 1.37. The van der Waals surface area contributed by atoms with Crippen LogP contribution in [0.3, 0.4) is 0 Å². The third-order valence-corrected chi connectivity index (χ3v) is 7.53. The maximum absolute atomic E-state index is 9.76. The number of aromatic nitrogens is 3. The van der Waals surface area contributed by atoms with E-state index in [-0.39, 0.29) is 20.3 Å². The Morgan fingerprint density at radius 1 is 1.07 bits per heavy atom. The zero-order chi connectivity index (χ0) is 18.5. The molecular formula is C19H14N4OS2Se. The van der Waals surface area contributed by atoms with Gasteiger partial charge in [-0.3, -0.25) is 0 Å². The number of hydrogen-bond acceptors (Lipinski definition) is 7. The average molecular weight is 457 g/mol. The Labute approximate surface area is 170 Å². The number of phenols is 1. The van der Waals surface area contributed by atoms with E-state index in [2.05, 4.69) is 32.3 Å². The van der Waals surface area contributed by atoms with Crippen molar-refractivity contribution in [3.05, 3.63) is 70.8 Å². The van der Waals surface area contributed by atoms with Gasteiger partial charge in [-0.2, -0.15) is 0 Å². The van der Waals surface area contributed by atoms with Crippen molar-refractivity contribution >= 4 is 48.9 Å². The molecule has 0 amide bonds. The molecule has 0 aliphatic rings. The van der Waals surface area contributed by atoms with Crippen LogP contribution >= 0.6 is 23.1 Å². The maximum atomic E-state index is 9.76. The summed E-state index contributed by atoms with van der Waals surface area (Å²) in [5, 5.41) is 18.6. The molecular weight excluding hydrogens is 443 g/mol. The van der Waals surface area contributed by atoms with Crippen LogP contribution in [-0.2, 0) is 5.75 Å². The van der Waals surface area contributed by atoms with Gasteiger partial charge in [-0.25, -0.2) is 0 Å². The summed E-state index contributed by atoms with van der Waals surface area (Å²) >= 11 is 3.33. The molecule has 4 rings (SSSR count). The van der Waals surface area contributed by atoms with Crippen molar-refractivity contribution in [3.8, 4) is 15.9 Å². The molecule has 0 bridgehead atoms. The second kappa shape index (κ2) is 8.63. The molecule has 5 nitrogen and oxygen atoms in total. The fraction of sp³-hybridized carbons (Fsp3) is 0.0526. The van der Waals surface area contributed by atoms with Gasteiger partial charge < -0.3 is 0 Å². The summed E-state index contributed by atoms with van der Waals surface area (Å²) in [7, 11) is 0. The number of nitrogens with zero attached hydrogens (tertiary/aromatic N) is 4. The van der Waals surface area contributed by atoms with Crippen molar-refractivity contribution < 1.29 is 5.11 Å². The van der Waals surface area contributed by atoms with Crippen LogP contribution in [0.2, 0.25) is 0 Å². The summed E-state index contributed by atoms with van der Waals surface area (Å²) in [5.41, 5.74) is 2.95. The predicted molar refractivity (Wildman–Crippen MR) is 111 cm³/mol. The number of benzene rings is 2. The van der Waals surface area contributed by atoms with Crippen molar-refractivity contribution in [1.29, 1.82) is 0 Å². The summed E-state index contributed by atoms with van der Waals surface area (Å²) in [6, 6.07) is 17.4. The number of rotatable bonds is 6. The molecule has 0 spiro atoms. The number of phenolic OH excluding ortho intramolecular Hbond substituents is 1.